The van der Waals surface area contributed by atoms with Crippen LogP contribution in [0.1, 0.15) is 5.56 Å². The highest BCUT2D eigenvalue weighted by molar-refractivity contribution is 7.80. The summed E-state index contributed by atoms with van der Waals surface area (Å²) in [4.78, 5) is 2.32. The third-order valence-electron chi connectivity index (χ3n) is 3.94. The summed E-state index contributed by atoms with van der Waals surface area (Å²) in [5.74, 6) is 0. The minimum atomic E-state index is 0.555. The maximum Gasteiger partial charge on any atom is 0.175 e. The zero-order chi connectivity index (χ0) is 16.9. The minimum Gasteiger partial charge on any atom is -0.378 e. The fraction of sp³-hybridized carbons (Fsp3) is 0.278. The molecule has 0 unspecified atom stereocenters. The molecule has 24 heavy (non-hydrogen) atoms. The van der Waals surface area contributed by atoms with Gasteiger partial charge in [0.15, 0.2) is 5.11 Å². The lowest BCUT2D eigenvalue weighted by molar-refractivity contribution is 0.122. The van der Waals surface area contributed by atoms with Gasteiger partial charge in [-0.15, -0.1) is 0 Å². The molecular weight excluding hydrogens is 342 g/mol. The Hall–Kier alpha value is -1.82. The van der Waals surface area contributed by atoms with Gasteiger partial charge in [0.2, 0.25) is 0 Å². The molecule has 0 radical (unpaired) electrons. The van der Waals surface area contributed by atoms with Crippen LogP contribution in [0.2, 0.25) is 5.02 Å². The minimum absolute atomic E-state index is 0.555. The summed E-state index contributed by atoms with van der Waals surface area (Å²) in [5, 5.41) is 7.68. The fourth-order valence-electron chi connectivity index (χ4n) is 2.63. The predicted molar refractivity (Wildman–Crippen MR) is 106 cm³/mol. The van der Waals surface area contributed by atoms with Crippen LogP contribution >= 0.6 is 23.8 Å². The number of rotatable bonds is 3. The second-order valence-electron chi connectivity index (χ2n) is 5.68. The number of hydrogen-bond acceptors (Lipinski definition) is 3. The summed E-state index contributed by atoms with van der Waals surface area (Å²) in [6.45, 7) is 5.43. The highest BCUT2D eigenvalue weighted by Gasteiger charge is 2.11. The Labute approximate surface area is 152 Å². The lowest BCUT2D eigenvalue weighted by atomic mass is 10.2. The summed E-state index contributed by atoms with van der Waals surface area (Å²) in [5.41, 5.74) is 4.16. The monoisotopic (exact) mass is 361 g/mol. The van der Waals surface area contributed by atoms with Crippen LogP contribution in [-0.4, -0.2) is 31.4 Å². The number of ether oxygens (including phenoxy) is 1. The van der Waals surface area contributed by atoms with Crippen molar-refractivity contribution < 1.29 is 4.74 Å². The van der Waals surface area contributed by atoms with Gasteiger partial charge < -0.3 is 20.3 Å². The van der Waals surface area contributed by atoms with Crippen LogP contribution in [0.5, 0.6) is 0 Å². The van der Waals surface area contributed by atoms with Gasteiger partial charge in [-0.1, -0.05) is 11.6 Å². The SMILES string of the molecule is Cc1cc(Cl)ccc1NC(=S)Nc1ccc(N2CCOCC2)cc1. The van der Waals surface area contributed by atoms with E-state index in [9.17, 15) is 0 Å². The molecule has 2 aromatic carbocycles. The first-order valence-electron chi connectivity index (χ1n) is 7.89. The summed E-state index contributed by atoms with van der Waals surface area (Å²) >= 11 is 11.4. The molecule has 0 spiro atoms. The molecule has 0 aliphatic carbocycles. The molecule has 1 heterocycles. The highest BCUT2D eigenvalue weighted by atomic mass is 35.5. The van der Waals surface area contributed by atoms with Crippen LogP contribution in [0.25, 0.3) is 0 Å². The smallest absolute Gasteiger partial charge is 0.175 e. The molecule has 1 fully saturated rings. The number of nitrogens with one attached hydrogen (secondary N) is 2. The quantitative estimate of drug-likeness (QED) is 0.797. The zero-order valence-corrected chi connectivity index (χ0v) is 15.1. The molecule has 6 heteroatoms. The Morgan fingerprint density at radius 3 is 2.46 bits per heavy atom. The average molecular weight is 362 g/mol. The van der Waals surface area contributed by atoms with Gasteiger partial charge in [-0.3, -0.25) is 0 Å². The Morgan fingerprint density at radius 2 is 1.79 bits per heavy atom. The Kier molecular flexibility index (Phi) is 5.56. The first-order valence-corrected chi connectivity index (χ1v) is 8.67. The number of halogens is 1. The molecular formula is C18H20ClN3OS. The number of anilines is 3. The van der Waals surface area contributed by atoms with E-state index >= 15 is 0 Å². The lowest BCUT2D eigenvalue weighted by Crippen LogP contribution is -2.36. The van der Waals surface area contributed by atoms with Gasteiger partial charge in [-0.05, 0) is 67.2 Å². The molecule has 0 aromatic heterocycles. The maximum absolute atomic E-state index is 5.97. The van der Waals surface area contributed by atoms with Crippen LogP contribution in [-0.2, 0) is 4.74 Å². The van der Waals surface area contributed by atoms with Gasteiger partial charge >= 0.3 is 0 Å². The summed E-state index contributed by atoms with van der Waals surface area (Å²) in [6.07, 6.45) is 0. The van der Waals surface area contributed by atoms with Crippen molar-refractivity contribution in [3.63, 3.8) is 0 Å². The Morgan fingerprint density at radius 1 is 1.08 bits per heavy atom. The van der Waals surface area contributed by atoms with Crippen LogP contribution in [0.4, 0.5) is 17.1 Å². The summed E-state index contributed by atoms with van der Waals surface area (Å²) in [6, 6.07) is 13.9. The molecule has 1 saturated heterocycles. The molecule has 2 N–H and O–H groups in total. The van der Waals surface area contributed by atoms with Crippen LogP contribution in [0, 0.1) is 6.92 Å². The summed E-state index contributed by atoms with van der Waals surface area (Å²) in [7, 11) is 0. The van der Waals surface area contributed by atoms with Crippen molar-refractivity contribution in [1.29, 1.82) is 0 Å². The first kappa shape index (κ1) is 17.0. The van der Waals surface area contributed by atoms with Gasteiger partial charge in [-0.25, -0.2) is 0 Å². The number of thiocarbonyl (C=S) groups is 1. The molecule has 0 bridgehead atoms. The topological polar surface area (TPSA) is 36.5 Å². The van der Waals surface area contributed by atoms with Crippen LogP contribution in [0.15, 0.2) is 42.5 Å². The fourth-order valence-corrected chi connectivity index (χ4v) is 3.08. The van der Waals surface area contributed by atoms with Gasteiger partial charge in [0.05, 0.1) is 13.2 Å². The van der Waals surface area contributed by atoms with Crippen LogP contribution in [0.3, 0.4) is 0 Å². The number of aryl methyl sites for hydroxylation is 1. The van der Waals surface area contributed by atoms with Crippen molar-refractivity contribution >= 4 is 46.0 Å². The van der Waals surface area contributed by atoms with E-state index in [1.807, 2.05) is 37.3 Å². The van der Waals surface area contributed by atoms with E-state index in [1.165, 1.54) is 5.69 Å². The third kappa shape index (κ3) is 4.38. The van der Waals surface area contributed by atoms with Gasteiger partial charge in [0, 0.05) is 35.2 Å². The molecule has 1 aliphatic rings. The molecule has 2 aromatic rings. The third-order valence-corrected chi connectivity index (χ3v) is 4.38. The average Bonchev–Trinajstić information content (AvgIpc) is 2.59. The normalized spacial score (nSPS) is 14.3. The van der Waals surface area contributed by atoms with Crippen molar-refractivity contribution in [3.05, 3.63) is 53.1 Å². The standard InChI is InChI=1S/C18H20ClN3OS/c1-13-12-14(19)2-7-17(13)21-18(24)20-15-3-5-16(6-4-15)22-8-10-23-11-9-22/h2-7,12H,8-11H2,1H3,(H2,20,21,24). The second kappa shape index (κ2) is 7.83. The highest BCUT2D eigenvalue weighted by Crippen LogP contribution is 2.21. The molecule has 1 aliphatic heterocycles. The van der Waals surface area contributed by atoms with E-state index in [4.69, 9.17) is 28.6 Å². The lowest BCUT2D eigenvalue weighted by Gasteiger charge is -2.29. The molecule has 126 valence electrons. The first-order chi connectivity index (χ1) is 11.6. The molecule has 0 atom stereocenters. The molecule has 3 rings (SSSR count). The van der Waals surface area contributed by atoms with Gasteiger partial charge in [0.1, 0.15) is 0 Å². The number of morpholine rings is 1. The molecule has 4 nitrogen and oxygen atoms in total. The Balaban J connectivity index is 1.59. The van der Waals surface area contributed by atoms with E-state index in [0.29, 0.717) is 5.11 Å². The zero-order valence-electron chi connectivity index (χ0n) is 13.5. The van der Waals surface area contributed by atoms with E-state index in [-0.39, 0.29) is 0 Å². The van der Waals surface area contributed by atoms with Gasteiger partial charge in [0.25, 0.3) is 0 Å². The number of nitrogens with zero attached hydrogens (tertiary/aromatic N) is 1. The maximum atomic E-state index is 5.97. The largest absolute Gasteiger partial charge is 0.378 e. The van der Waals surface area contributed by atoms with Crippen molar-refractivity contribution in [2.24, 2.45) is 0 Å². The van der Waals surface area contributed by atoms with Crippen molar-refractivity contribution in [2.45, 2.75) is 6.92 Å². The van der Waals surface area contributed by atoms with Crippen molar-refractivity contribution in [3.8, 4) is 0 Å². The summed E-state index contributed by atoms with van der Waals surface area (Å²) < 4.78 is 5.38. The van der Waals surface area contributed by atoms with E-state index in [1.54, 1.807) is 0 Å². The molecule has 0 amide bonds. The number of benzene rings is 2. The Bertz CT molecular complexity index is 715. The van der Waals surface area contributed by atoms with Crippen LogP contribution < -0.4 is 15.5 Å². The number of hydrogen-bond donors (Lipinski definition) is 2. The molecule has 0 saturated carbocycles. The van der Waals surface area contributed by atoms with Gasteiger partial charge in [-0.2, -0.15) is 0 Å². The van der Waals surface area contributed by atoms with E-state index < -0.39 is 0 Å². The van der Waals surface area contributed by atoms with Crippen molar-refractivity contribution in [2.75, 3.05) is 41.8 Å². The predicted octanol–water partition coefficient (Wildman–Crippen LogP) is 4.29. The second-order valence-corrected chi connectivity index (χ2v) is 6.53. The van der Waals surface area contributed by atoms with E-state index in [0.717, 1.165) is 48.3 Å². The van der Waals surface area contributed by atoms with Crippen molar-refractivity contribution in [1.82, 2.24) is 0 Å². The van der Waals surface area contributed by atoms with E-state index in [2.05, 4.69) is 27.7 Å².